The van der Waals surface area contributed by atoms with Gasteiger partial charge in [-0.1, -0.05) is 37.1 Å². The van der Waals surface area contributed by atoms with Crippen LogP contribution in [0.1, 0.15) is 58.3 Å². The Hall–Kier alpha value is -2.75. The third kappa shape index (κ3) is 6.52. The van der Waals surface area contributed by atoms with Crippen LogP contribution in [0.25, 0.3) is 0 Å². The predicted octanol–water partition coefficient (Wildman–Crippen LogP) is 9.07. The largest absolute Gasteiger partial charge is 0.419 e. The number of anilines is 1. The Morgan fingerprint density at radius 2 is 1.66 bits per heavy atom. The van der Waals surface area contributed by atoms with Crippen LogP contribution in [0.15, 0.2) is 48.5 Å². The molecular weight excluding hydrogens is 615 g/mol. The van der Waals surface area contributed by atoms with Crippen LogP contribution in [0.2, 0.25) is 5.02 Å². The summed E-state index contributed by atoms with van der Waals surface area (Å²) in [5.74, 6) is -6.60. The monoisotopic (exact) mass is 635 g/mol. The van der Waals surface area contributed by atoms with Crippen molar-refractivity contribution in [3.05, 3.63) is 98.8 Å². The molecule has 0 aliphatic heterocycles. The fourth-order valence-corrected chi connectivity index (χ4v) is 5.74. The molecule has 3 aromatic carbocycles. The number of amides is 1. The lowest BCUT2D eigenvalue weighted by atomic mass is 9.98. The highest BCUT2D eigenvalue weighted by Crippen LogP contribution is 2.65. The molecule has 3 aromatic rings. The quantitative estimate of drug-likeness (QED) is 0.145. The van der Waals surface area contributed by atoms with Gasteiger partial charge in [-0.3, -0.25) is 9.59 Å². The first kappa shape index (κ1) is 31.2. The van der Waals surface area contributed by atoms with E-state index in [1.807, 2.05) is 6.92 Å². The van der Waals surface area contributed by atoms with Crippen molar-refractivity contribution in [1.82, 2.24) is 0 Å². The molecule has 12 heteroatoms. The van der Waals surface area contributed by atoms with E-state index in [9.17, 15) is 35.9 Å². The summed E-state index contributed by atoms with van der Waals surface area (Å²) < 4.78 is 80.5. The molecule has 3 nitrogen and oxygen atoms in total. The molecule has 218 valence electrons. The van der Waals surface area contributed by atoms with Gasteiger partial charge in [-0.25, -0.2) is 13.2 Å². The van der Waals surface area contributed by atoms with E-state index in [-0.39, 0.29) is 39.4 Å². The number of hydrogen-bond acceptors (Lipinski definition) is 2. The Kier molecular flexibility index (Phi) is 9.02. The highest BCUT2D eigenvalue weighted by atomic mass is 35.5. The van der Waals surface area contributed by atoms with Gasteiger partial charge in [0, 0.05) is 29.2 Å². The van der Waals surface area contributed by atoms with Crippen molar-refractivity contribution in [1.29, 1.82) is 0 Å². The zero-order valence-electron chi connectivity index (χ0n) is 21.3. The highest BCUT2D eigenvalue weighted by molar-refractivity contribution is 6.53. The maximum atomic E-state index is 15.0. The van der Waals surface area contributed by atoms with Gasteiger partial charge < -0.3 is 5.32 Å². The van der Waals surface area contributed by atoms with E-state index in [1.165, 1.54) is 24.3 Å². The van der Waals surface area contributed by atoms with Crippen LogP contribution in [-0.4, -0.2) is 16.0 Å². The number of Topliss-reactive ketones (excluding diaryl/α,β-unsaturated/α-hetero) is 1. The molecule has 0 bridgehead atoms. The maximum absolute atomic E-state index is 15.0. The Bertz CT molecular complexity index is 1510. The van der Waals surface area contributed by atoms with Gasteiger partial charge in [0.25, 0.3) is 0 Å². The first-order chi connectivity index (χ1) is 19.2. The van der Waals surface area contributed by atoms with E-state index in [1.54, 1.807) is 0 Å². The Balaban J connectivity index is 1.52. The summed E-state index contributed by atoms with van der Waals surface area (Å²) >= 11 is 18.7. The molecule has 4 rings (SSSR count). The minimum absolute atomic E-state index is 0.0135. The summed E-state index contributed by atoms with van der Waals surface area (Å²) in [6, 6.07) is 8.51. The Morgan fingerprint density at radius 1 is 0.976 bits per heavy atom. The minimum Gasteiger partial charge on any atom is -0.326 e. The van der Waals surface area contributed by atoms with Gasteiger partial charge in [0.05, 0.1) is 16.5 Å². The molecule has 0 saturated heterocycles. The highest BCUT2D eigenvalue weighted by Gasteiger charge is 2.67. The van der Waals surface area contributed by atoms with Crippen LogP contribution in [0, 0.1) is 23.4 Å². The van der Waals surface area contributed by atoms with Crippen LogP contribution in [0.4, 0.5) is 32.0 Å². The average molecular weight is 637 g/mol. The van der Waals surface area contributed by atoms with Gasteiger partial charge in [-0.05, 0) is 60.4 Å². The molecule has 0 aromatic heterocycles. The molecule has 41 heavy (non-hydrogen) atoms. The van der Waals surface area contributed by atoms with Gasteiger partial charge >= 0.3 is 6.18 Å². The van der Waals surface area contributed by atoms with Crippen molar-refractivity contribution in [3.8, 4) is 0 Å². The molecule has 1 aliphatic rings. The number of carbonyl (C=O) groups excluding carboxylic acids is 2. The third-order valence-corrected chi connectivity index (χ3v) is 8.19. The van der Waals surface area contributed by atoms with E-state index in [0.29, 0.717) is 18.6 Å². The SMILES string of the molecule is CCCCc1c(F)ccc(CC(=O)c2cc(NC(=O)[C@H]3[C@H](c4ccc(F)c(C(F)(F)F)c4)C3(Cl)Cl)ccc2Cl)c1F. The molecule has 0 radical (unpaired) electrons. The second-order valence-corrected chi connectivity index (χ2v) is 11.6. The van der Waals surface area contributed by atoms with E-state index in [4.69, 9.17) is 34.8 Å². The summed E-state index contributed by atoms with van der Waals surface area (Å²) in [5, 5.41) is 2.53. The van der Waals surface area contributed by atoms with E-state index < -0.39 is 63.5 Å². The van der Waals surface area contributed by atoms with Gasteiger partial charge in [-0.2, -0.15) is 13.2 Å². The molecule has 1 aliphatic carbocycles. The number of hydrogen-bond donors (Lipinski definition) is 1. The van der Waals surface area contributed by atoms with Gasteiger partial charge in [0.15, 0.2) is 5.78 Å². The minimum atomic E-state index is -4.96. The van der Waals surface area contributed by atoms with Crippen molar-refractivity contribution < 1.29 is 35.9 Å². The van der Waals surface area contributed by atoms with Crippen molar-refractivity contribution in [2.24, 2.45) is 5.92 Å². The first-order valence-corrected chi connectivity index (χ1v) is 13.6. The van der Waals surface area contributed by atoms with Crippen LogP contribution in [0.5, 0.6) is 0 Å². The van der Waals surface area contributed by atoms with E-state index in [0.717, 1.165) is 18.6 Å². The zero-order chi connectivity index (χ0) is 30.3. The molecule has 2 atom stereocenters. The number of rotatable bonds is 9. The van der Waals surface area contributed by atoms with Crippen molar-refractivity contribution >= 4 is 52.2 Å². The smallest absolute Gasteiger partial charge is 0.326 e. The summed E-state index contributed by atoms with van der Waals surface area (Å²) in [6.45, 7) is 1.88. The standard InChI is InChI=1S/C29H22Cl3F6NO2/c1-2-3-4-17-21(33)9-6-15(26(17)35)12-23(40)18-13-16(7-8-20(18)30)39-27(41)25-24(28(25,31)32)14-5-10-22(34)19(11-14)29(36,37)38/h5-11,13,24-25H,2-4,12H2,1H3,(H,39,41)/t24-,25+/m0/s1. The molecule has 0 spiro atoms. The number of unbranched alkanes of at least 4 members (excludes halogenated alkanes) is 1. The van der Waals surface area contributed by atoms with Crippen LogP contribution in [0.3, 0.4) is 0 Å². The summed E-state index contributed by atoms with van der Waals surface area (Å²) in [4.78, 5) is 26.0. The second kappa shape index (κ2) is 11.9. The molecule has 1 saturated carbocycles. The lowest BCUT2D eigenvalue weighted by Crippen LogP contribution is -2.17. The fourth-order valence-electron chi connectivity index (χ4n) is 4.69. The number of alkyl halides is 5. The fraction of sp³-hybridized carbons (Fsp3) is 0.310. The van der Waals surface area contributed by atoms with Gasteiger partial charge in [0.2, 0.25) is 5.91 Å². The average Bonchev–Trinajstić information content (AvgIpc) is 3.48. The molecule has 1 amide bonds. The molecule has 0 unspecified atom stereocenters. The number of benzene rings is 3. The molecule has 1 N–H and O–H groups in total. The molecular formula is C29H22Cl3F6NO2. The predicted molar refractivity (Wildman–Crippen MR) is 145 cm³/mol. The van der Waals surface area contributed by atoms with Crippen molar-refractivity contribution in [2.45, 2.75) is 49.0 Å². The zero-order valence-corrected chi connectivity index (χ0v) is 23.6. The number of halogens is 9. The number of ketones is 1. The van der Waals surface area contributed by atoms with Gasteiger partial charge in [-0.15, -0.1) is 23.2 Å². The first-order valence-electron chi connectivity index (χ1n) is 12.5. The topological polar surface area (TPSA) is 46.2 Å². The lowest BCUT2D eigenvalue weighted by molar-refractivity contribution is -0.140. The summed E-state index contributed by atoms with van der Waals surface area (Å²) in [6.07, 6.45) is -3.92. The lowest BCUT2D eigenvalue weighted by Gasteiger charge is -2.12. The normalized spacial score (nSPS) is 17.8. The Labute approximate surface area is 246 Å². The summed E-state index contributed by atoms with van der Waals surface area (Å²) in [5.41, 5.74) is -1.66. The van der Waals surface area contributed by atoms with Crippen LogP contribution < -0.4 is 5.32 Å². The number of carbonyl (C=O) groups is 2. The molecule has 0 heterocycles. The number of nitrogens with one attached hydrogen (secondary N) is 1. The van der Waals surface area contributed by atoms with Gasteiger partial charge in [0.1, 0.15) is 21.8 Å². The van der Waals surface area contributed by atoms with E-state index >= 15 is 0 Å². The summed E-state index contributed by atoms with van der Waals surface area (Å²) in [7, 11) is 0. The molecule has 1 fully saturated rings. The Morgan fingerprint density at radius 3 is 2.32 bits per heavy atom. The van der Waals surface area contributed by atoms with E-state index in [2.05, 4.69) is 5.32 Å². The van der Waals surface area contributed by atoms with Crippen molar-refractivity contribution in [2.75, 3.05) is 5.32 Å². The van der Waals surface area contributed by atoms with Crippen LogP contribution >= 0.6 is 34.8 Å². The maximum Gasteiger partial charge on any atom is 0.419 e. The third-order valence-electron chi connectivity index (χ3n) is 6.92. The van der Waals surface area contributed by atoms with Crippen LogP contribution in [-0.2, 0) is 23.8 Å². The van der Waals surface area contributed by atoms with Crippen molar-refractivity contribution in [3.63, 3.8) is 0 Å². The second-order valence-electron chi connectivity index (χ2n) is 9.75.